The molecule has 2 rings (SSSR count). The van der Waals surface area contributed by atoms with Gasteiger partial charge in [0.25, 0.3) is 5.91 Å². The van der Waals surface area contributed by atoms with E-state index in [9.17, 15) is 18.0 Å². The molecule has 0 unspecified atom stereocenters. The van der Waals surface area contributed by atoms with E-state index in [4.69, 9.17) is 16.3 Å². The average molecular weight is 466 g/mol. The first-order valence-corrected chi connectivity index (χ1v) is 11.1. The maximum absolute atomic E-state index is 12.4. The van der Waals surface area contributed by atoms with E-state index >= 15 is 0 Å². The van der Waals surface area contributed by atoms with Crippen LogP contribution in [0.4, 0.5) is 5.69 Å². The number of methoxy groups -OCH3 is 1. The van der Waals surface area contributed by atoms with Crippen LogP contribution in [0.25, 0.3) is 6.08 Å². The Hall–Kier alpha value is -2.88. The van der Waals surface area contributed by atoms with Crippen molar-refractivity contribution in [1.82, 2.24) is 10.0 Å². The minimum absolute atomic E-state index is 0.0532. The lowest BCUT2D eigenvalue weighted by atomic mass is 10.1. The Bertz CT molecular complexity index is 1110. The monoisotopic (exact) mass is 465 g/mol. The second kappa shape index (κ2) is 10.4. The fourth-order valence-corrected chi connectivity index (χ4v) is 3.72. The molecule has 0 saturated heterocycles. The van der Waals surface area contributed by atoms with Crippen LogP contribution < -0.4 is 20.1 Å². The van der Waals surface area contributed by atoms with Crippen LogP contribution in [0.1, 0.15) is 29.8 Å². The molecular weight excluding hydrogens is 442 g/mol. The number of carbonyl (C=O) groups excluding carboxylic acids is 2. The SMILES string of the molecule is CNS(=O)(=O)c1cc(C=CC(=O)Nc2cc(Cl)ccc2C(=O)NC(C)C)ccc1OC. The number of nitrogens with one attached hydrogen (secondary N) is 3. The quantitative estimate of drug-likeness (QED) is 0.518. The van der Waals surface area contributed by atoms with Crippen molar-refractivity contribution in [2.24, 2.45) is 0 Å². The van der Waals surface area contributed by atoms with E-state index in [2.05, 4.69) is 15.4 Å². The lowest BCUT2D eigenvalue weighted by Gasteiger charge is -2.13. The number of carbonyl (C=O) groups is 2. The summed E-state index contributed by atoms with van der Waals surface area (Å²) < 4.78 is 31.7. The molecule has 3 N–H and O–H groups in total. The number of benzene rings is 2. The third kappa shape index (κ3) is 6.55. The third-order valence-corrected chi connectivity index (χ3v) is 5.75. The predicted octanol–water partition coefficient (Wildman–Crippen LogP) is 3.05. The molecule has 2 aromatic rings. The summed E-state index contributed by atoms with van der Waals surface area (Å²) in [6, 6.07) is 8.97. The average Bonchev–Trinajstić information content (AvgIpc) is 2.71. The molecule has 0 aliphatic heterocycles. The van der Waals surface area contributed by atoms with Crippen molar-refractivity contribution in [3.05, 3.63) is 58.6 Å². The molecule has 0 spiro atoms. The zero-order valence-electron chi connectivity index (χ0n) is 17.5. The standard InChI is InChI=1S/C21H24ClN3O5S/c1-13(2)24-21(27)16-8-7-15(22)12-17(16)25-20(26)10-6-14-5-9-18(30-4)19(11-14)31(28,29)23-3/h5-13,23H,1-4H3,(H,24,27)(H,25,26). The third-order valence-electron chi connectivity index (χ3n) is 4.08. The van der Waals surface area contributed by atoms with E-state index in [0.29, 0.717) is 10.6 Å². The number of halogens is 1. The molecule has 0 radical (unpaired) electrons. The van der Waals surface area contributed by atoms with Gasteiger partial charge in [0, 0.05) is 17.1 Å². The highest BCUT2D eigenvalue weighted by Crippen LogP contribution is 2.25. The Morgan fingerprint density at radius 1 is 1.13 bits per heavy atom. The van der Waals surface area contributed by atoms with Crippen LogP contribution in [-0.2, 0) is 14.8 Å². The molecule has 0 saturated carbocycles. The number of ether oxygens (including phenoxy) is 1. The first kappa shape index (κ1) is 24.4. The normalized spacial score (nSPS) is 11.5. The van der Waals surface area contributed by atoms with E-state index in [1.165, 1.54) is 50.6 Å². The Kier molecular flexibility index (Phi) is 8.21. The molecule has 0 atom stereocenters. The number of amides is 2. The van der Waals surface area contributed by atoms with Gasteiger partial charge in [0.1, 0.15) is 10.6 Å². The maximum Gasteiger partial charge on any atom is 0.253 e. The Morgan fingerprint density at radius 2 is 1.84 bits per heavy atom. The van der Waals surface area contributed by atoms with Crippen molar-refractivity contribution < 1.29 is 22.7 Å². The Labute approximate surface area is 186 Å². The fraction of sp³-hybridized carbons (Fsp3) is 0.238. The van der Waals surface area contributed by atoms with E-state index in [-0.39, 0.29) is 33.8 Å². The first-order chi connectivity index (χ1) is 14.6. The van der Waals surface area contributed by atoms with Gasteiger partial charge in [-0.25, -0.2) is 13.1 Å². The molecule has 0 fully saturated rings. The maximum atomic E-state index is 12.4. The molecule has 31 heavy (non-hydrogen) atoms. The van der Waals surface area contributed by atoms with Gasteiger partial charge < -0.3 is 15.4 Å². The van der Waals surface area contributed by atoms with Crippen LogP contribution in [-0.4, -0.2) is 40.4 Å². The molecule has 0 bridgehead atoms. The van der Waals surface area contributed by atoms with Crippen LogP contribution in [0.3, 0.4) is 0 Å². The topological polar surface area (TPSA) is 114 Å². The van der Waals surface area contributed by atoms with Crippen LogP contribution in [0.5, 0.6) is 5.75 Å². The van der Waals surface area contributed by atoms with Crippen LogP contribution in [0.2, 0.25) is 5.02 Å². The number of hydrogen-bond donors (Lipinski definition) is 3. The summed E-state index contributed by atoms with van der Waals surface area (Å²) in [5, 5.41) is 5.75. The summed E-state index contributed by atoms with van der Waals surface area (Å²) >= 11 is 6.01. The van der Waals surface area contributed by atoms with Crippen molar-refractivity contribution in [3.63, 3.8) is 0 Å². The molecule has 2 aromatic carbocycles. The lowest BCUT2D eigenvalue weighted by molar-refractivity contribution is -0.111. The van der Waals surface area contributed by atoms with E-state index in [0.717, 1.165) is 0 Å². The summed E-state index contributed by atoms with van der Waals surface area (Å²) in [7, 11) is -1.09. The predicted molar refractivity (Wildman–Crippen MR) is 121 cm³/mol. The van der Waals surface area contributed by atoms with Gasteiger partial charge in [-0.1, -0.05) is 17.7 Å². The second-order valence-electron chi connectivity index (χ2n) is 6.76. The van der Waals surface area contributed by atoms with Crippen molar-refractivity contribution in [2.45, 2.75) is 24.8 Å². The number of hydrogen-bond acceptors (Lipinski definition) is 5. The van der Waals surface area contributed by atoms with Gasteiger partial charge in [0.2, 0.25) is 15.9 Å². The molecule has 10 heteroatoms. The molecule has 8 nitrogen and oxygen atoms in total. The number of sulfonamides is 1. The smallest absolute Gasteiger partial charge is 0.253 e. The fourth-order valence-electron chi connectivity index (χ4n) is 2.62. The first-order valence-electron chi connectivity index (χ1n) is 9.28. The zero-order chi connectivity index (χ0) is 23.2. The molecule has 0 aliphatic rings. The van der Waals surface area contributed by atoms with Gasteiger partial charge in [0.15, 0.2) is 0 Å². The largest absolute Gasteiger partial charge is 0.495 e. The van der Waals surface area contributed by atoms with Gasteiger partial charge in [-0.2, -0.15) is 0 Å². The van der Waals surface area contributed by atoms with Gasteiger partial charge >= 0.3 is 0 Å². The van der Waals surface area contributed by atoms with E-state index < -0.39 is 15.9 Å². The van der Waals surface area contributed by atoms with Crippen LogP contribution in [0.15, 0.2) is 47.4 Å². The highest BCUT2D eigenvalue weighted by atomic mass is 35.5. The minimum atomic E-state index is -3.75. The molecule has 166 valence electrons. The number of anilines is 1. The van der Waals surface area contributed by atoms with Crippen LogP contribution in [0, 0.1) is 0 Å². The molecule has 0 aromatic heterocycles. The minimum Gasteiger partial charge on any atom is -0.495 e. The highest BCUT2D eigenvalue weighted by Gasteiger charge is 2.18. The summed E-state index contributed by atoms with van der Waals surface area (Å²) in [6.45, 7) is 3.65. The van der Waals surface area contributed by atoms with Gasteiger partial charge in [0.05, 0.1) is 18.4 Å². The zero-order valence-corrected chi connectivity index (χ0v) is 19.1. The second-order valence-corrected chi connectivity index (χ2v) is 9.05. The van der Waals surface area contributed by atoms with Crippen LogP contribution >= 0.6 is 11.6 Å². The molecule has 0 aliphatic carbocycles. The summed E-state index contributed by atoms with van der Waals surface area (Å²) in [5.74, 6) is -0.687. The van der Waals surface area contributed by atoms with Gasteiger partial charge in [-0.05, 0) is 62.9 Å². The van der Waals surface area contributed by atoms with Crippen molar-refractivity contribution in [2.75, 3.05) is 19.5 Å². The lowest BCUT2D eigenvalue weighted by Crippen LogP contribution is -2.31. The molecular formula is C21H24ClN3O5S. The molecule has 0 heterocycles. The summed E-state index contributed by atoms with van der Waals surface area (Å²) in [4.78, 5) is 24.7. The summed E-state index contributed by atoms with van der Waals surface area (Å²) in [6.07, 6.45) is 2.67. The highest BCUT2D eigenvalue weighted by molar-refractivity contribution is 7.89. The number of rotatable bonds is 8. The van der Waals surface area contributed by atoms with Crippen molar-refractivity contribution >= 4 is 45.2 Å². The van der Waals surface area contributed by atoms with Gasteiger partial charge in [-0.3, -0.25) is 9.59 Å². The Morgan fingerprint density at radius 3 is 2.45 bits per heavy atom. The van der Waals surface area contributed by atoms with Crippen molar-refractivity contribution in [3.8, 4) is 5.75 Å². The summed E-state index contributed by atoms with van der Waals surface area (Å²) in [5.41, 5.74) is 0.994. The van der Waals surface area contributed by atoms with Crippen molar-refractivity contribution in [1.29, 1.82) is 0 Å². The van der Waals surface area contributed by atoms with E-state index in [1.54, 1.807) is 12.1 Å². The van der Waals surface area contributed by atoms with E-state index in [1.807, 2.05) is 13.8 Å². The Balaban J connectivity index is 2.27. The molecule has 2 amide bonds. The van der Waals surface area contributed by atoms with Gasteiger partial charge in [-0.15, -0.1) is 0 Å².